The molecule has 3 aromatic rings. The van der Waals surface area contributed by atoms with Crippen LogP contribution in [0.25, 0.3) is 11.5 Å². The van der Waals surface area contributed by atoms with Crippen molar-refractivity contribution in [3.63, 3.8) is 0 Å². The van der Waals surface area contributed by atoms with Crippen molar-refractivity contribution in [2.45, 2.75) is 13.0 Å². The number of rotatable bonds is 4. The maximum absolute atomic E-state index is 12.4. The first kappa shape index (κ1) is 14.1. The second kappa shape index (κ2) is 5.89. The third-order valence-electron chi connectivity index (χ3n) is 3.53. The van der Waals surface area contributed by atoms with E-state index in [9.17, 15) is 4.79 Å². The molecule has 1 unspecified atom stereocenters. The van der Waals surface area contributed by atoms with E-state index in [1.807, 2.05) is 43.3 Å². The van der Waals surface area contributed by atoms with Gasteiger partial charge in [-0.05, 0) is 24.6 Å². The molecular weight excluding hydrogens is 278 g/mol. The number of carbonyl (C=O) groups is 1. The predicted molar refractivity (Wildman–Crippen MR) is 83.2 cm³/mol. The summed E-state index contributed by atoms with van der Waals surface area (Å²) in [5.74, 6) is 0.481. The molecule has 1 atom stereocenters. The fourth-order valence-corrected chi connectivity index (χ4v) is 2.32. The molecule has 5 nitrogen and oxygen atoms in total. The minimum absolute atomic E-state index is 0.0735. The minimum Gasteiger partial charge on any atom is -0.463 e. The van der Waals surface area contributed by atoms with Crippen molar-refractivity contribution in [3.8, 4) is 11.5 Å². The molecule has 0 bridgehead atoms. The van der Waals surface area contributed by atoms with Crippen LogP contribution in [0.1, 0.15) is 29.0 Å². The fourth-order valence-electron chi connectivity index (χ4n) is 2.32. The van der Waals surface area contributed by atoms with E-state index >= 15 is 0 Å². The normalized spacial score (nSPS) is 12.1. The molecule has 0 aliphatic carbocycles. The zero-order valence-electron chi connectivity index (χ0n) is 12.5. The number of aromatic nitrogens is 2. The lowest BCUT2D eigenvalue weighted by atomic mass is 10.1. The maximum atomic E-state index is 12.4. The van der Waals surface area contributed by atoms with Crippen molar-refractivity contribution < 1.29 is 9.21 Å². The van der Waals surface area contributed by atoms with Crippen LogP contribution in [0.2, 0.25) is 0 Å². The molecule has 2 heterocycles. The number of hydrogen-bond donors (Lipinski definition) is 1. The van der Waals surface area contributed by atoms with Gasteiger partial charge in [-0.2, -0.15) is 5.10 Å². The van der Waals surface area contributed by atoms with E-state index in [-0.39, 0.29) is 11.9 Å². The number of carbonyl (C=O) groups excluding carboxylic acids is 1. The highest BCUT2D eigenvalue weighted by molar-refractivity contribution is 5.93. The summed E-state index contributed by atoms with van der Waals surface area (Å²) in [5.41, 5.74) is 2.20. The van der Waals surface area contributed by atoms with E-state index < -0.39 is 0 Å². The van der Waals surface area contributed by atoms with E-state index in [0.717, 1.165) is 5.56 Å². The van der Waals surface area contributed by atoms with Gasteiger partial charge in [0, 0.05) is 13.1 Å². The van der Waals surface area contributed by atoms with Crippen LogP contribution in [0.4, 0.5) is 0 Å². The van der Waals surface area contributed by atoms with E-state index in [2.05, 4.69) is 10.4 Å². The molecule has 0 aliphatic rings. The average molecular weight is 295 g/mol. The minimum atomic E-state index is -0.163. The molecule has 3 rings (SSSR count). The van der Waals surface area contributed by atoms with Crippen LogP contribution in [0, 0.1) is 0 Å². The van der Waals surface area contributed by atoms with E-state index in [1.165, 1.54) is 0 Å². The van der Waals surface area contributed by atoms with Crippen molar-refractivity contribution in [2.24, 2.45) is 7.05 Å². The number of aryl methyl sites for hydroxylation is 1. The summed E-state index contributed by atoms with van der Waals surface area (Å²) in [6.45, 7) is 1.96. The molecule has 1 amide bonds. The molecule has 5 heteroatoms. The van der Waals surface area contributed by atoms with Crippen molar-refractivity contribution in [1.82, 2.24) is 15.1 Å². The van der Waals surface area contributed by atoms with Gasteiger partial charge in [0.15, 0.2) is 5.76 Å². The molecule has 0 saturated carbocycles. The lowest BCUT2D eigenvalue weighted by Gasteiger charge is -2.14. The Bertz CT molecular complexity index is 761. The Balaban J connectivity index is 1.78. The van der Waals surface area contributed by atoms with Crippen molar-refractivity contribution >= 4 is 5.91 Å². The zero-order chi connectivity index (χ0) is 15.5. The van der Waals surface area contributed by atoms with Crippen LogP contribution < -0.4 is 5.32 Å². The first-order valence-electron chi connectivity index (χ1n) is 7.09. The Labute approximate surface area is 128 Å². The lowest BCUT2D eigenvalue weighted by molar-refractivity contribution is 0.0930. The van der Waals surface area contributed by atoms with Crippen molar-refractivity contribution in [2.75, 3.05) is 0 Å². The van der Waals surface area contributed by atoms with Gasteiger partial charge in [0.1, 0.15) is 11.4 Å². The third-order valence-corrected chi connectivity index (χ3v) is 3.53. The van der Waals surface area contributed by atoms with Crippen molar-refractivity contribution in [1.29, 1.82) is 0 Å². The highest BCUT2D eigenvalue weighted by Crippen LogP contribution is 2.20. The van der Waals surface area contributed by atoms with E-state index in [4.69, 9.17) is 4.42 Å². The van der Waals surface area contributed by atoms with Gasteiger partial charge in [0.05, 0.1) is 12.3 Å². The molecule has 1 aromatic carbocycles. The van der Waals surface area contributed by atoms with Gasteiger partial charge in [-0.3, -0.25) is 9.48 Å². The Kier molecular flexibility index (Phi) is 3.78. The van der Waals surface area contributed by atoms with Gasteiger partial charge < -0.3 is 9.73 Å². The van der Waals surface area contributed by atoms with Gasteiger partial charge in [-0.15, -0.1) is 0 Å². The summed E-state index contributed by atoms with van der Waals surface area (Å²) in [7, 11) is 1.74. The topological polar surface area (TPSA) is 60.1 Å². The monoisotopic (exact) mass is 295 g/mol. The number of benzene rings is 1. The van der Waals surface area contributed by atoms with Crippen LogP contribution in [0.5, 0.6) is 0 Å². The lowest BCUT2D eigenvalue weighted by Crippen LogP contribution is -2.28. The zero-order valence-corrected chi connectivity index (χ0v) is 12.5. The van der Waals surface area contributed by atoms with Crippen LogP contribution in [-0.2, 0) is 7.05 Å². The van der Waals surface area contributed by atoms with Crippen LogP contribution in [0.15, 0.2) is 59.2 Å². The van der Waals surface area contributed by atoms with Crippen LogP contribution >= 0.6 is 0 Å². The summed E-state index contributed by atoms with van der Waals surface area (Å²) < 4.78 is 6.87. The van der Waals surface area contributed by atoms with Gasteiger partial charge in [0.25, 0.3) is 5.91 Å². The molecule has 2 aromatic heterocycles. The molecule has 0 radical (unpaired) electrons. The third kappa shape index (κ3) is 2.79. The van der Waals surface area contributed by atoms with E-state index in [1.54, 1.807) is 30.1 Å². The largest absolute Gasteiger partial charge is 0.463 e. The Morgan fingerprint density at radius 2 is 2.00 bits per heavy atom. The first-order chi connectivity index (χ1) is 10.6. The number of amides is 1. The first-order valence-corrected chi connectivity index (χ1v) is 7.09. The number of furan rings is 1. The summed E-state index contributed by atoms with van der Waals surface area (Å²) in [6, 6.07) is 15.1. The van der Waals surface area contributed by atoms with Gasteiger partial charge in [-0.25, -0.2) is 0 Å². The molecule has 0 spiro atoms. The molecule has 1 N–H and O–H groups in total. The predicted octanol–water partition coefficient (Wildman–Crippen LogP) is 3.17. The second-order valence-corrected chi connectivity index (χ2v) is 5.12. The Hall–Kier alpha value is -2.82. The summed E-state index contributed by atoms with van der Waals surface area (Å²) in [5, 5.41) is 7.30. The highest BCUT2D eigenvalue weighted by Gasteiger charge is 2.17. The molecule has 0 saturated heterocycles. The quantitative estimate of drug-likeness (QED) is 0.804. The van der Waals surface area contributed by atoms with Gasteiger partial charge in [0.2, 0.25) is 0 Å². The molecule has 0 aliphatic heterocycles. The highest BCUT2D eigenvalue weighted by atomic mass is 16.3. The molecule has 0 fully saturated rings. The van der Waals surface area contributed by atoms with E-state index in [0.29, 0.717) is 17.1 Å². The second-order valence-electron chi connectivity index (χ2n) is 5.12. The fraction of sp³-hybridized carbons (Fsp3) is 0.176. The number of hydrogen-bond acceptors (Lipinski definition) is 3. The van der Waals surface area contributed by atoms with Crippen LogP contribution in [-0.4, -0.2) is 15.7 Å². The van der Waals surface area contributed by atoms with Crippen molar-refractivity contribution in [3.05, 3.63) is 66.1 Å². The summed E-state index contributed by atoms with van der Waals surface area (Å²) in [4.78, 5) is 12.4. The van der Waals surface area contributed by atoms with Gasteiger partial charge >= 0.3 is 0 Å². The number of nitrogens with zero attached hydrogens (tertiary/aromatic N) is 2. The summed E-state index contributed by atoms with van der Waals surface area (Å²) in [6.07, 6.45) is 1.58. The standard InChI is InChI=1S/C17H17N3O2/c1-12(13-7-4-3-5-8-13)18-17(21)15-11-14(19-20(15)2)16-9-6-10-22-16/h3-12H,1-2H3,(H,18,21). The smallest absolute Gasteiger partial charge is 0.270 e. The Morgan fingerprint density at radius 3 is 2.68 bits per heavy atom. The molecule has 22 heavy (non-hydrogen) atoms. The maximum Gasteiger partial charge on any atom is 0.270 e. The molecular formula is C17H17N3O2. The SMILES string of the molecule is CC(NC(=O)c1cc(-c2ccco2)nn1C)c1ccccc1. The molecule has 112 valence electrons. The number of nitrogens with one attached hydrogen (secondary N) is 1. The van der Waals surface area contributed by atoms with Crippen LogP contribution in [0.3, 0.4) is 0 Å². The van der Waals surface area contributed by atoms with Gasteiger partial charge in [-0.1, -0.05) is 30.3 Å². The summed E-state index contributed by atoms with van der Waals surface area (Å²) >= 11 is 0. The Morgan fingerprint density at radius 1 is 1.23 bits per heavy atom. The average Bonchev–Trinajstić information content (AvgIpc) is 3.17.